The van der Waals surface area contributed by atoms with Crippen LogP contribution in [0.4, 0.5) is 0 Å². The van der Waals surface area contributed by atoms with Crippen LogP contribution in [0.15, 0.2) is 12.3 Å². The van der Waals surface area contributed by atoms with Gasteiger partial charge in [0.05, 0.1) is 17.1 Å². The lowest BCUT2D eigenvalue weighted by Crippen LogP contribution is -2.39. The normalized spacial score (nSPS) is 14.7. The average Bonchev–Trinajstić information content (AvgIpc) is 2.92. The van der Waals surface area contributed by atoms with Crippen molar-refractivity contribution >= 4 is 40.2 Å². The largest absolute Gasteiger partial charge is 0.404 e. The van der Waals surface area contributed by atoms with Gasteiger partial charge in [0, 0.05) is 61.2 Å². The highest BCUT2D eigenvalue weighted by molar-refractivity contribution is 6.37. The number of amides is 1. The SMILES string of the molecule is Cc1cc(/C(C=N)=C/N)c2c3c(n(C)c2c1Cl)CCN(C(=O)CN)C3. The maximum absolute atomic E-state index is 12.1. The Hall–Kier alpha value is -2.31. The van der Waals surface area contributed by atoms with E-state index >= 15 is 0 Å². The molecule has 0 bridgehead atoms. The Kier molecular flexibility index (Phi) is 4.58. The highest BCUT2D eigenvalue weighted by atomic mass is 35.5. The van der Waals surface area contributed by atoms with Crippen LogP contribution in [0.25, 0.3) is 16.5 Å². The van der Waals surface area contributed by atoms with Crippen molar-refractivity contribution in [1.82, 2.24) is 9.47 Å². The number of rotatable bonds is 3. The third-order valence-corrected chi connectivity index (χ3v) is 5.43. The van der Waals surface area contributed by atoms with Crippen molar-refractivity contribution in [3.63, 3.8) is 0 Å². The number of halogens is 1. The third kappa shape index (κ3) is 2.62. The fraction of sp³-hybridized carbons (Fsp3) is 0.333. The molecular weight excluding hydrogens is 338 g/mol. The minimum atomic E-state index is -0.0657. The molecule has 2 heterocycles. The average molecular weight is 360 g/mol. The lowest BCUT2D eigenvalue weighted by atomic mass is 9.95. The summed E-state index contributed by atoms with van der Waals surface area (Å²) in [7, 11) is 1.99. The molecule has 1 amide bonds. The maximum atomic E-state index is 12.1. The van der Waals surface area contributed by atoms with Crippen LogP contribution >= 0.6 is 11.6 Å². The van der Waals surface area contributed by atoms with E-state index in [9.17, 15) is 4.79 Å². The minimum Gasteiger partial charge on any atom is -0.404 e. The topological polar surface area (TPSA) is 101 Å². The number of benzene rings is 1. The van der Waals surface area contributed by atoms with Gasteiger partial charge >= 0.3 is 0 Å². The van der Waals surface area contributed by atoms with Gasteiger partial charge in [-0.1, -0.05) is 11.6 Å². The Morgan fingerprint density at radius 3 is 2.80 bits per heavy atom. The van der Waals surface area contributed by atoms with E-state index in [1.807, 2.05) is 20.0 Å². The van der Waals surface area contributed by atoms with E-state index in [2.05, 4.69) is 4.57 Å². The molecule has 0 radical (unpaired) electrons. The summed E-state index contributed by atoms with van der Waals surface area (Å²) in [6.45, 7) is 3.08. The van der Waals surface area contributed by atoms with Gasteiger partial charge in [-0.2, -0.15) is 0 Å². The highest BCUT2D eigenvalue weighted by Crippen LogP contribution is 2.40. The number of aromatic nitrogens is 1. The lowest BCUT2D eigenvalue weighted by molar-refractivity contribution is -0.130. The first-order valence-electron chi connectivity index (χ1n) is 8.14. The predicted molar refractivity (Wildman–Crippen MR) is 102 cm³/mol. The van der Waals surface area contributed by atoms with Crippen LogP contribution in [0.1, 0.15) is 22.4 Å². The molecule has 1 aliphatic heterocycles. The van der Waals surface area contributed by atoms with Gasteiger partial charge in [0.15, 0.2) is 0 Å². The fourth-order valence-electron chi connectivity index (χ4n) is 3.66. The molecule has 0 spiro atoms. The van der Waals surface area contributed by atoms with Crippen molar-refractivity contribution in [1.29, 1.82) is 5.41 Å². The van der Waals surface area contributed by atoms with Crippen LogP contribution in [0, 0.1) is 12.3 Å². The molecule has 6 nitrogen and oxygen atoms in total. The number of carbonyl (C=O) groups excluding carboxylic acids is 1. The van der Waals surface area contributed by atoms with Gasteiger partial charge in [-0.15, -0.1) is 0 Å². The Morgan fingerprint density at radius 2 is 2.20 bits per heavy atom. The molecule has 0 unspecified atom stereocenters. The lowest BCUT2D eigenvalue weighted by Gasteiger charge is -2.27. The number of aryl methyl sites for hydroxylation is 2. The van der Waals surface area contributed by atoms with Crippen LogP contribution in [-0.4, -0.2) is 34.7 Å². The monoisotopic (exact) mass is 359 g/mol. The Bertz CT molecular complexity index is 912. The van der Waals surface area contributed by atoms with Crippen LogP contribution in [0.5, 0.6) is 0 Å². The number of nitrogens with two attached hydrogens (primary N) is 2. The number of allylic oxidation sites excluding steroid dienone is 1. The molecule has 1 aliphatic rings. The quantitative estimate of drug-likeness (QED) is 0.730. The zero-order chi connectivity index (χ0) is 18.3. The van der Waals surface area contributed by atoms with Crippen LogP contribution in [-0.2, 0) is 24.8 Å². The van der Waals surface area contributed by atoms with E-state index in [1.165, 1.54) is 12.4 Å². The molecule has 5 N–H and O–H groups in total. The van der Waals surface area contributed by atoms with Gasteiger partial charge in [0.2, 0.25) is 5.91 Å². The summed E-state index contributed by atoms with van der Waals surface area (Å²) in [6, 6.07) is 1.96. The fourth-order valence-corrected chi connectivity index (χ4v) is 3.94. The molecule has 0 saturated heterocycles. The molecule has 2 aromatic rings. The maximum Gasteiger partial charge on any atom is 0.236 e. The summed E-state index contributed by atoms with van der Waals surface area (Å²) >= 11 is 6.61. The number of fused-ring (bicyclic) bond motifs is 3. The van der Waals surface area contributed by atoms with E-state index < -0.39 is 0 Å². The molecule has 0 saturated carbocycles. The van der Waals surface area contributed by atoms with E-state index in [0.717, 1.165) is 39.7 Å². The zero-order valence-electron chi connectivity index (χ0n) is 14.4. The minimum absolute atomic E-state index is 0.00126. The summed E-state index contributed by atoms with van der Waals surface area (Å²) in [6.07, 6.45) is 3.42. The van der Waals surface area contributed by atoms with E-state index in [1.54, 1.807) is 4.90 Å². The van der Waals surface area contributed by atoms with Crippen molar-refractivity contribution in [3.8, 4) is 0 Å². The molecule has 1 aromatic heterocycles. The van der Waals surface area contributed by atoms with Gasteiger partial charge < -0.3 is 26.3 Å². The molecule has 0 aliphatic carbocycles. The van der Waals surface area contributed by atoms with Gasteiger partial charge in [-0.3, -0.25) is 4.79 Å². The Labute approximate surface area is 151 Å². The van der Waals surface area contributed by atoms with Crippen molar-refractivity contribution < 1.29 is 4.79 Å². The van der Waals surface area contributed by atoms with Crippen molar-refractivity contribution in [3.05, 3.63) is 39.7 Å². The van der Waals surface area contributed by atoms with Gasteiger partial charge in [-0.25, -0.2) is 0 Å². The molecule has 7 heteroatoms. The van der Waals surface area contributed by atoms with Gasteiger partial charge in [-0.05, 0) is 24.1 Å². The van der Waals surface area contributed by atoms with Gasteiger partial charge in [0.25, 0.3) is 0 Å². The van der Waals surface area contributed by atoms with E-state index in [0.29, 0.717) is 23.7 Å². The summed E-state index contributed by atoms with van der Waals surface area (Å²) in [5.41, 5.74) is 16.8. The van der Waals surface area contributed by atoms with Crippen molar-refractivity contribution in [2.24, 2.45) is 18.5 Å². The Morgan fingerprint density at radius 1 is 1.48 bits per heavy atom. The molecule has 3 rings (SSSR count). The molecule has 1 aromatic carbocycles. The van der Waals surface area contributed by atoms with Gasteiger partial charge in [0.1, 0.15) is 0 Å². The molecule has 0 fully saturated rings. The summed E-state index contributed by atoms with van der Waals surface area (Å²) in [5.74, 6) is -0.0657. The summed E-state index contributed by atoms with van der Waals surface area (Å²) in [5, 5.41) is 9.34. The third-order valence-electron chi connectivity index (χ3n) is 4.95. The molecule has 0 atom stereocenters. The summed E-state index contributed by atoms with van der Waals surface area (Å²) in [4.78, 5) is 13.8. The highest BCUT2D eigenvalue weighted by Gasteiger charge is 2.28. The smallest absolute Gasteiger partial charge is 0.236 e. The second kappa shape index (κ2) is 6.54. The molecule has 132 valence electrons. The number of hydrogen-bond donors (Lipinski definition) is 3. The van der Waals surface area contributed by atoms with Crippen molar-refractivity contribution in [2.75, 3.05) is 13.1 Å². The molecule has 25 heavy (non-hydrogen) atoms. The Balaban J connectivity index is 2.35. The number of hydrogen-bond acceptors (Lipinski definition) is 4. The first kappa shape index (κ1) is 17.5. The van der Waals surface area contributed by atoms with Crippen molar-refractivity contribution in [2.45, 2.75) is 19.9 Å². The van der Waals surface area contributed by atoms with E-state index in [-0.39, 0.29) is 12.5 Å². The standard InChI is InChI=1S/C18H22ClN5O/c1-10-5-12(11(6-20)7-21)16-13-9-24(15(25)8-22)4-3-14(13)23(2)18(16)17(10)19/h5-7,20H,3-4,8-9,21-22H2,1-2H3/b11-7+,20-6?. The first-order valence-corrected chi connectivity index (χ1v) is 8.52. The second-order valence-corrected chi connectivity index (χ2v) is 6.68. The zero-order valence-corrected chi connectivity index (χ0v) is 15.2. The van der Waals surface area contributed by atoms with Crippen LogP contribution in [0.3, 0.4) is 0 Å². The van der Waals surface area contributed by atoms with Crippen LogP contribution in [0.2, 0.25) is 5.02 Å². The predicted octanol–water partition coefficient (Wildman–Crippen LogP) is 1.93. The number of nitrogens with one attached hydrogen (secondary N) is 1. The second-order valence-electron chi connectivity index (χ2n) is 6.30. The summed E-state index contributed by atoms with van der Waals surface area (Å²) < 4.78 is 2.10. The van der Waals surface area contributed by atoms with Crippen LogP contribution < -0.4 is 11.5 Å². The number of nitrogens with zero attached hydrogens (tertiary/aromatic N) is 2. The first-order chi connectivity index (χ1) is 11.9. The van der Waals surface area contributed by atoms with E-state index in [4.69, 9.17) is 28.5 Å². The molecular formula is C18H22ClN5O. The number of carbonyl (C=O) groups is 1.